The van der Waals surface area contributed by atoms with Crippen LogP contribution in [-0.2, 0) is 43.0 Å². The summed E-state index contributed by atoms with van der Waals surface area (Å²) in [5, 5.41) is 40.2. The quantitative estimate of drug-likeness (QED) is 0.0311. The smallest absolute Gasteiger partial charge is 0.329 e. The number of hydrogen-bond donors (Lipinski definition) is 6. The number of methoxy groups -OCH3 is 1. The van der Waals surface area contributed by atoms with Gasteiger partial charge in [-0.2, -0.15) is 4.73 Å². The van der Waals surface area contributed by atoms with Crippen molar-refractivity contribution in [2.24, 2.45) is 23.7 Å². The summed E-state index contributed by atoms with van der Waals surface area (Å²) in [6.07, 6.45) is 1.91. The Balaban J connectivity index is 1.33. The average Bonchev–Trinajstić information content (AvgIpc) is 4.43. The van der Waals surface area contributed by atoms with Gasteiger partial charge in [-0.1, -0.05) is 119 Å². The highest BCUT2D eigenvalue weighted by Crippen LogP contribution is 2.39. The summed E-state index contributed by atoms with van der Waals surface area (Å²) < 4.78 is 12.0. The number of carbonyl (C=O) groups is 8. The second kappa shape index (κ2) is 27.9. The number of fused-ring (bicyclic) bond motifs is 1. The van der Waals surface area contributed by atoms with Crippen LogP contribution >= 0.6 is 11.6 Å². The van der Waals surface area contributed by atoms with Crippen LogP contribution in [0.4, 0.5) is 0 Å². The highest BCUT2D eigenvalue weighted by Gasteiger charge is 2.52. The minimum Gasteiger partial charge on any atom is -0.458 e. The van der Waals surface area contributed by atoms with E-state index in [1.54, 1.807) is 94.4 Å². The van der Waals surface area contributed by atoms with E-state index in [-0.39, 0.29) is 56.3 Å². The molecule has 0 spiro atoms. The standard InChI is InChI=1S/C57H73ClN10O15/c1-8-16-34-23-44-57(76)83-33(6)49(64-51(70)39(24-37-26-42(37)67(77)78)59-52(71)41-21-22-45(58)66(41)82-29-81-7)55(74)63-47(31(4)35-17-12-10-13-18-35)53(72)60-40(25-38-27-43(38)68(79)80)50(69)62-48(32(5)36-19-14-11-15-20-36)54(73)61-46(30(3)9-2)56(75)65(44)28-34/h8,10-22,30-34,37-40,42-44,46-49H,9,23-29H2,1-7H3,(H,59,71)(H,60,72)(H,61,73)(H,62,69)(H,63,74)(H,64,70)/b16-8-/t30-,31+,32+,33+,34-,37+,38+,39+,40-,42+,43+,44-,46-,47-,48-,49+/m0/s1. The van der Waals surface area contributed by atoms with E-state index in [1.165, 1.54) is 31.1 Å². The highest BCUT2D eigenvalue weighted by atomic mass is 35.5. The summed E-state index contributed by atoms with van der Waals surface area (Å²) in [7, 11) is 1.33. The number of carbonyl (C=O) groups excluding carboxylic acids is 8. The number of allylic oxidation sites excluding steroid dienone is 1. The van der Waals surface area contributed by atoms with Gasteiger partial charge < -0.3 is 51.1 Å². The normalized spacial score (nSPS) is 28.5. The Morgan fingerprint density at radius 3 is 1.92 bits per heavy atom. The highest BCUT2D eigenvalue weighted by molar-refractivity contribution is 6.30. The lowest BCUT2D eigenvalue weighted by molar-refractivity contribution is -0.498. The number of benzene rings is 2. The molecule has 1 aromatic heterocycles. The van der Waals surface area contributed by atoms with E-state index >= 15 is 14.4 Å². The third-order valence-electron chi connectivity index (χ3n) is 16.3. The number of halogens is 1. The zero-order chi connectivity index (χ0) is 60.4. The van der Waals surface area contributed by atoms with Gasteiger partial charge in [-0.15, -0.1) is 0 Å². The molecule has 6 N–H and O–H groups in total. The Hall–Kier alpha value is -7.93. The Kier molecular flexibility index (Phi) is 21.1. The first-order chi connectivity index (χ1) is 39.6. The van der Waals surface area contributed by atoms with Gasteiger partial charge in [-0.05, 0) is 68.2 Å². The first-order valence-electron chi connectivity index (χ1n) is 27.9. The first-order valence-corrected chi connectivity index (χ1v) is 28.3. The number of nitrogens with zero attached hydrogens (tertiary/aromatic N) is 4. The maximum absolute atomic E-state index is 15.3. The fourth-order valence-electron chi connectivity index (χ4n) is 10.9. The van der Waals surface area contributed by atoms with Crippen molar-refractivity contribution < 1.29 is 62.5 Å². The van der Waals surface area contributed by atoms with Gasteiger partial charge in [-0.25, -0.2) is 4.79 Å². The van der Waals surface area contributed by atoms with Gasteiger partial charge in [0, 0.05) is 60.0 Å². The lowest BCUT2D eigenvalue weighted by Gasteiger charge is -2.34. The van der Waals surface area contributed by atoms with Crippen molar-refractivity contribution in [3.8, 4) is 0 Å². The minimum absolute atomic E-state index is 0.000967. The molecule has 0 unspecified atom stereocenters. The monoisotopic (exact) mass is 1170 g/mol. The van der Waals surface area contributed by atoms with Crippen molar-refractivity contribution in [3.63, 3.8) is 0 Å². The van der Waals surface area contributed by atoms with Crippen LogP contribution in [0, 0.1) is 43.9 Å². The Bertz CT molecular complexity index is 2910. The number of ether oxygens (including phenoxy) is 2. The van der Waals surface area contributed by atoms with Crippen LogP contribution in [0.15, 0.2) is 84.9 Å². The van der Waals surface area contributed by atoms with E-state index in [2.05, 4.69) is 31.9 Å². The second-order valence-electron chi connectivity index (χ2n) is 22.0. The molecule has 83 heavy (non-hydrogen) atoms. The number of amides is 7. The van der Waals surface area contributed by atoms with E-state index in [1.807, 2.05) is 13.0 Å². The first kappa shape index (κ1) is 62.7. The Morgan fingerprint density at radius 2 is 1.36 bits per heavy atom. The van der Waals surface area contributed by atoms with Crippen LogP contribution < -0.4 is 36.7 Å². The van der Waals surface area contributed by atoms with Crippen LogP contribution in [0.25, 0.3) is 0 Å². The van der Waals surface area contributed by atoms with E-state index in [0.29, 0.717) is 17.5 Å². The molecular weight excluding hydrogens is 1100 g/mol. The molecule has 4 aliphatic rings. The summed E-state index contributed by atoms with van der Waals surface area (Å²) in [4.78, 5) is 149. The number of nitro groups is 2. The van der Waals surface area contributed by atoms with Crippen LogP contribution in [0.1, 0.15) is 114 Å². The van der Waals surface area contributed by atoms with Gasteiger partial charge in [0.1, 0.15) is 59.2 Å². The second-order valence-corrected chi connectivity index (χ2v) is 22.4. The molecule has 2 saturated heterocycles. The molecular formula is C57H73ClN10O15. The summed E-state index contributed by atoms with van der Waals surface area (Å²) in [6, 6.07) is 7.06. The van der Waals surface area contributed by atoms with Gasteiger partial charge in [0.15, 0.2) is 0 Å². The molecule has 2 aromatic carbocycles. The number of aromatic nitrogens is 1. The SMILES string of the molecule is C/C=C\[C@H]1C[C@H]2C(=O)O[C@H](C)[C@@H](NC(=O)[C@@H](C[C@@H]3C[C@H]3[N+](=O)[O-])NC(=O)c3ccc(Cl)n3OCOC)C(=O)N[C@@H]([C@H](C)c3ccccc3)C(=O)N[C@@H](C[C@@H]3C[C@H]3[N+](=O)[O-])C(=O)N[C@@H]([C@H](C)c3ccccc3)C(=O)N[C@@H]([C@@H](C)CC)C(=O)N2C1. The van der Waals surface area contributed by atoms with E-state index in [9.17, 15) is 44.2 Å². The molecule has 25 nitrogen and oxygen atoms in total. The molecule has 3 heterocycles. The minimum atomic E-state index is -1.92. The summed E-state index contributed by atoms with van der Waals surface area (Å²) in [5.41, 5.74) is 0.934. The molecule has 16 atom stereocenters. The van der Waals surface area contributed by atoms with Gasteiger partial charge in [0.25, 0.3) is 5.91 Å². The molecule has 7 rings (SSSR count). The third-order valence-corrected chi connectivity index (χ3v) is 16.5. The predicted molar refractivity (Wildman–Crippen MR) is 299 cm³/mol. The summed E-state index contributed by atoms with van der Waals surface area (Å²) in [5.74, 6) is -11.4. The number of esters is 1. The van der Waals surface area contributed by atoms with Gasteiger partial charge in [0.2, 0.25) is 54.3 Å². The maximum atomic E-state index is 15.3. The predicted octanol–water partition coefficient (Wildman–Crippen LogP) is 3.20. The van der Waals surface area contributed by atoms with Crippen molar-refractivity contribution in [1.82, 2.24) is 41.5 Å². The lowest BCUT2D eigenvalue weighted by Crippen LogP contribution is -2.62. The molecule has 2 aliphatic carbocycles. The van der Waals surface area contributed by atoms with Crippen molar-refractivity contribution >= 4 is 58.9 Å². The van der Waals surface area contributed by atoms with Crippen LogP contribution in [0.3, 0.4) is 0 Å². The topological polar surface area (TPSA) is 331 Å². The number of hydrogen-bond acceptors (Lipinski definition) is 15. The van der Waals surface area contributed by atoms with Crippen LogP contribution in [0.2, 0.25) is 5.15 Å². The molecule has 448 valence electrons. The number of cyclic esters (lactones) is 1. The van der Waals surface area contributed by atoms with Crippen molar-refractivity contribution in [1.29, 1.82) is 0 Å². The van der Waals surface area contributed by atoms with E-state index in [0.717, 1.165) is 4.73 Å². The maximum Gasteiger partial charge on any atom is 0.329 e. The average molecular weight is 1170 g/mol. The Morgan fingerprint density at radius 1 is 0.795 bits per heavy atom. The molecule has 0 bridgehead atoms. The molecule has 4 fully saturated rings. The molecule has 26 heteroatoms. The van der Waals surface area contributed by atoms with Gasteiger partial charge in [0.05, 0.1) is 0 Å². The summed E-state index contributed by atoms with van der Waals surface area (Å²) in [6.45, 7) is 9.58. The third kappa shape index (κ3) is 15.4. The van der Waals surface area contributed by atoms with Crippen molar-refractivity contribution in [2.45, 2.75) is 152 Å². The summed E-state index contributed by atoms with van der Waals surface area (Å²) >= 11 is 6.30. The fraction of sp³-hybridized carbons (Fsp3) is 0.544. The Labute approximate surface area is 484 Å². The van der Waals surface area contributed by atoms with Crippen LogP contribution in [0.5, 0.6) is 0 Å². The lowest BCUT2D eigenvalue weighted by atomic mass is 9.90. The largest absolute Gasteiger partial charge is 0.458 e. The molecule has 0 radical (unpaired) electrons. The molecule has 2 saturated carbocycles. The number of rotatable bonds is 20. The van der Waals surface area contributed by atoms with Gasteiger partial charge in [-0.3, -0.25) is 53.8 Å². The van der Waals surface area contributed by atoms with Crippen molar-refractivity contribution in [2.75, 3.05) is 20.4 Å². The zero-order valence-corrected chi connectivity index (χ0v) is 48.0. The molecule has 7 amide bonds. The van der Waals surface area contributed by atoms with E-state index < -0.39 is 153 Å². The van der Waals surface area contributed by atoms with Crippen LogP contribution in [-0.4, -0.2) is 148 Å². The zero-order valence-electron chi connectivity index (χ0n) is 47.3. The molecule has 3 aromatic rings. The number of nitrogens with one attached hydrogen (secondary N) is 6. The fourth-order valence-corrected chi connectivity index (χ4v) is 11.1. The van der Waals surface area contributed by atoms with Gasteiger partial charge >= 0.3 is 5.97 Å². The van der Waals surface area contributed by atoms with E-state index in [4.69, 9.17) is 25.9 Å². The molecule has 2 aliphatic heterocycles. The van der Waals surface area contributed by atoms with Crippen molar-refractivity contribution in [3.05, 3.63) is 127 Å².